The first-order valence-electron chi connectivity index (χ1n) is 8.19. The van der Waals surface area contributed by atoms with Gasteiger partial charge < -0.3 is 10.2 Å². The molecule has 1 aliphatic rings. The lowest BCUT2D eigenvalue weighted by Gasteiger charge is -2.16. The molecule has 1 N–H and O–H groups in total. The number of nitrogens with zero attached hydrogens (tertiary/aromatic N) is 1. The van der Waals surface area contributed by atoms with Gasteiger partial charge in [0.15, 0.2) is 0 Å². The Morgan fingerprint density at radius 1 is 1.04 bits per heavy atom. The fraction of sp³-hybridized carbons (Fsp3) is 0.263. The lowest BCUT2D eigenvalue weighted by Crippen LogP contribution is -2.24. The van der Waals surface area contributed by atoms with Crippen molar-refractivity contribution in [1.29, 1.82) is 0 Å². The number of nitrogens with one attached hydrogen (secondary N) is 1. The van der Waals surface area contributed by atoms with Gasteiger partial charge in [0.2, 0.25) is 5.91 Å². The number of halogens is 3. The first kappa shape index (κ1) is 18.0. The summed E-state index contributed by atoms with van der Waals surface area (Å²) in [6.45, 7) is 0.955. The van der Waals surface area contributed by atoms with Gasteiger partial charge in [0.1, 0.15) is 0 Å². The lowest BCUT2D eigenvalue weighted by atomic mass is 10.1. The van der Waals surface area contributed by atoms with E-state index in [2.05, 4.69) is 5.32 Å². The highest BCUT2D eigenvalue weighted by Crippen LogP contribution is 2.29. The number of benzene rings is 2. The summed E-state index contributed by atoms with van der Waals surface area (Å²) in [7, 11) is 0. The number of carbonyl (C=O) groups excluding carboxylic acids is 2. The molecule has 4 nitrogen and oxygen atoms in total. The summed E-state index contributed by atoms with van der Waals surface area (Å²) in [6.07, 6.45) is -3.01. The SMILES string of the molecule is O=C(NCc1ccc(N2CCCC2=O)cc1)c1ccc(C(F)(F)F)cc1. The maximum absolute atomic E-state index is 12.5. The number of amides is 2. The van der Waals surface area contributed by atoms with E-state index < -0.39 is 17.6 Å². The quantitative estimate of drug-likeness (QED) is 0.900. The van der Waals surface area contributed by atoms with Crippen LogP contribution in [0.15, 0.2) is 48.5 Å². The van der Waals surface area contributed by atoms with Crippen LogP contribution in [0.25, 0.3) is 0 Å². The third-order valence-electron chi connectivity index (χ3n) is 4.25. The van der Waals surface area contributed by atoms with Crippen LogP contribution in [-0.4, -0.2) is 18.4 Å². The first-order valence-corrected chi connectivity index (χ1v) is 8.19. The summed E-state index contributed by atoms with van der Waals surface area (Å²) >= 11 is 0. The standard InChI is InChI=1S/C19H17F3N2O2/c20-19(21,22)15-7-5-14(6-8-15)18(26)23-12-13-3-9-16(10-4-13)24-11-1-2-17(24)25/h3-10H,1-2,11-12H2,(H,23,26). The van der Waals surface area contributed by atoms with Crippen molar-refractivity contribution < 1.29 is 22.8 Å². The normalized spacial score (nSPS) is 14.6. The van der Waals surface area contributed by atoms with Crippen LogP contribution in [0.4, 0.5) is 18.9 Å². The van der Waals surface area contributed by atoms with Gasteiger partial charge in [-0.15, -0.1) is 0 Å². The van der Waals surface area contributed by atoms with E-state index in [1.54, 1.807) is 4.90 Å². The molecule has 0 saturated carbocycles. The third-order valence-corrected chi connectivity index (χ3v) is 4.25. The van der Waals surface area contributed by atoms with Crippen molar-refractivity contribution in [1.82, 2.24) is 5.32 Å². The molecular formula is C19H17F3N2O2. The van der Waals surface area contributed by atoms with Crippen molar-refractivity contribution >= 4 is 17.5 Å². The van der Waals surface area contributed by atoms with Crippen molar-refractivity contribution in [2.75, 3.05) is 11.4 Å². The van der Waals surface area contributed by atoms with E-state index in [1.807, 2.05) is 24.3 Å². The van der Waals surface area contributed by atoms with Gasteiger partial charge in [-0.1, -0.05) is 12.1 Å². The average Bonchev–Trinajstić information content (AvgIpc) is 3.05. The average molecular weight is 362 g/mol. The van der Waals surface area contributed by atoms with E-state index in [9.17, 15) is 22.8 Å². The zero-order valence-electron chi connectivity index (χ0n) is 13.8. The zero-order chi connectivity index (χ0) is 18.7. The molecule has 1 fully saturated rings. The second-order valence-electron chi connectivity index (χ2n) is 6.07. The Kier molecular flexibility index (Phi) is 4.97. The summed E-state index contributed by atoms with van der Waals surface area (Å²) < 4.78 is 37.6. The topological polar surface area (TPSA) is 49.4 Å². The minimum Gasteiger partial charge on any atom is -0.348 e. The maximum Gasteiger partial charge on any atom is 0.416 e. The predicted octanol–water partition coefficient (Wildman–Crippen LogP) is 3.76. The van der Waals surface area contributed by atoms with Crippen LogP contribution < -0.4 is 10.2 Å². The highest BCUT2D eigenvalue weighted by Gasteiger charge is 2.30. The monoisotopic (exact) mass is 362 g/mol. The molecule has 3 rings (SSSR count). The van der Waals surface area contributed by atoms with Gasteiger partial charge in [-0.3, -0.25) is 9.59 Å². The van der Waals surface area contributed by atoms with Gasteiger partial charge in [-0.05, 0) is 48.4 Å². The van der Waals surface area contributed by atoms with Crippen molar-refractivity contribution in [2.45, 2.75) is 25.6 Å². The fourth-order valence-corrected chi connectivity index (χ4v) is 2.81. The summed E-state index contributed by atoms with van der Waals surface area (Å²) in [5.41, 5.74) is 1.03. The van der Waals surface area contributed by atoms with E-state index in [0.717, 1.165) is 41.9 Å². The molecule has 0 radical (unpaired) electrons. The molecule has 136 valence electrons. The zero-order valence-corrected chi connectivity index (χ0v) is 13.8. The second kappa shape index (κ2) is 7.19. The van der Waals surface area contributed by atoms with Crippen LogP contribution in [0, 0.1) is 0 Å². The van der Waals surface area contributed by atoms with E-state index in [0.29, 0.717) is 13.0 Å². The molecule has 0 spiro atoms. The summed E-state index contributed by atoms with van der Waals surface area (Å²) in [6, 6.07) is 11.3. The Morgan fingerprint density at radius 2 is 1.69 bits per heavy atom. The molecular weight excluding hydrogens is 345 g/mol. The smallest absolute Gasteiger partial charge is 0.348 e. The van der Waals surface area contributed by atoms with Crippen molar-refractivity contribution in [3.05, 3.63) is 65.2 Å². The molecule has 0 aromatic heterocycles. The van der Waals surface area contributed by atoms with Gasteiger partial charge in [-0.2, -0.15) is 13.2 Å². The van der Waals surface area contributed by atoms with Gasteiger partial charge in [0, 0.05) is 30.8 Å². The highest BCUT2D eigenvalue weighted by atomic mass is 19.4. The molecule has 0 bridgehead atoms. The molecule has 26 heavy (non-hydrogen) atoms. The molecule has 0 unspecified atom stereocenters. The molecule has 2 amide bonds. The molecule has 2 aromatic rings. The number of anilines is 1. The van der Waals surface area contributed by atoms with E-state index in [-0.39, 0.29) is 18.0 Å². The maximum atomic E-state index is 12.5. The van der Waals surface area contributed by atoms with Gasteiger partial charge >= 0.3 is 6.18 Å². The molecule has 0 aliphatic carbocycles. The van der Waals surface area contributed by atoms with Crippen molar-refractivity contribution in [3.63, 3.8) is 0 Å². The number of rotatable bonds is 4. The Morgan fingerprint density at radius 3 is 2.23 bits per heavy atom. The number of alkyl halides is 3. The van der Waals surface area contributed by atoms with Crippen LogP contribution in [0.2, 0.25) is 0 Å². The molecule has 7 heteroatoms. The number of hydrogen-bond acceptors (Lipinski definition) is 2. The largest absolute Gasteiger partial charge is 0.416 e. The van der Waals surface area contributed by atoms with E-state index in [4.69, 9.17) is 0 Å². The summed E-state index contributed by atoms with van der Waals surface area (Å²) in [5, 5.41) is 2.67. The third kappa shape index (κ3) is 4.04. The van der Waals surface area contributed by atoms with Crippen LogP contribution in [0.3, 0.4) is 0 Å². The van der Waals surface area contributed by atoms with Crippen LogP contribution in [-0.2, 0) is 17.5 Å². The minimum absolute atomic E-state index is 0.105. The number of hydrogen-bond donors (Lipinski definition) is 1. The highest BCUT2D eigenvalue weighted by molar-refractivity contribution is 5.95. The Hall–Kier alpha value is -2.83. The second-order valence-corrected chi connectivity index (χ2v) is 6.07. The predicted molar refractivity (Wildman–Crippen MR) is 90.6 cm³/mol. The van der Waals surface area contributed by atoms with Crippen LogP contribution in [0.1, 0.15) is 34.3 Å². The van der Waals surface area contributed by atoms with E-state index >= 15 is 0 Å². The van der Waals surface area contributed by atoms with Gasteiger partial charge in [-0.25, -0.2) is 0 Å². The fourth-order valence-electron chi connectivity index (χ4n) is 2.81. The van der Waals surface area contributed by atoms with Crippen molar-refractivity contribution in [2.24, 2.45) is 0 Å². The molecule has 1 aliphatic heterocycles. The Labute approximate surface area is 148 Å². The van der Waals surface area contributed by atoms with Gasteiger partial charge in [0.25, 0.3) is 5.91 Å². The molecule has 1 heterocycles. The molecule has 0 atom stereocenters. The number of carbonyl (C=O) groups is 2. The van der Waals surface area contributed by atoms with Crippen LogP contribution in [0.5, 0.6) is 0 Å². The Balaban J connectivity index is 1.58. The lowest BCUT2D eigenvalue weighted by molar-refractivity contribution is -0.137. The van der Waals surface area contributed by atoms with Crippen molar-refractivity contribution in [3.8, 4) is 0 Å². The molecule has 2 aromatic carbocycles. The van der Waals surface area contributed by atoms with Crippen LogP contribution >= 0.6 is 0 Å². The molecule has 1 saturated heterocycles. The summed E-state index contributed by atoms with van der Waals surface area (Å²) in [5.74, 6) is -0.342. The summed E-state index contributed by atoms with van der Waals surface area (Å²) in [4.78, 5) is 25.5. The van der Waals surface area contributed by atoms with E-state index in [1.165, 1.54) is 0 Å². The Bertz CT molecular complexity index is 799. The van der Waals surface area contributed by atoms with Gasteiger partial charge in [0.05, 0.1) is 5.56 Å². The first-order chi connectivity index (χ1) is 12.3. The minimum atomic E-state index is -4.42.